The number of thioether (sulfide) groups is 1. The molecule has 0 radical (unpaired) electrons. The van der Waals surface area contributed by atoms with Gasteiger partial charge in [-0.15, -0.1) is 23.1 Å². The van der Waals surface area contributed by atoms with Crippen LogP contribution < -0.4 is 0 Å². The second kappa shape index (κ2) is 8.61. The van der Waals surface area contributed by atoms with E-state index in [0.29, 0.717) is 6.42 Å². The first-order valence-corrected chi connectivity index (χ1v) is 9.54. The van der Waals surface area contributed by atoms with Gasteiger partial charge in [0.2, 0.25) is 5.91 Å². The molecule has 0 N–H and O–H groups in total. The molecule has 5 heteroatoms. The van der Waals surface area contributed by atoms with Crippen LogP contribution in [0.5, 0.6) is 0 Å². The molecule has 1 amide bonds. The van der Waals surface area contributed by atoms with Crippen molar-refractivity contribution in [2.45, 2.75) is 24.8 Å². The van der Waals surface area contributed by atoms with Crippen LogP contribution in [-0.4, -0.2) is 23.1 Å². The van der Waals surface area contributed by atoms with Gasteiger partial charge >= 0.3 is 0 Å². The van der Waals surface area contributed by atoms with Crippen molar-refractivity contribution in [3.05, 3.63) is 51.1 Å². The van der Waals surface area contributed by atoms with Crippen LogP contribution in [-0.2, 0) is 11.3 Å². The number of benzene rings is 1. The molecular weight excluding hydrogens is 366 g/mol. The summed E-state index contributed by atoms with van der Waals surface area (Å²) in [4.78, 5) is 16.6. The Morgan fingerprint density at radius 2 is 2.10 bits per heavy atom. The highest BCUT2D eigenvalue weighted by molar-refractivity contribution is 9.10. The summed E-state index contributed by atoms with van der Waals surface area (Å²) in [7, 11) is 0. The second-order valence-corrected chi connectivity index (χ2v) is 7.54. The van der Waals surface area contributed by atoms with Crippen molar-refractivity contribution >= 4 is 44.9 Å². The van der Waals surface area contributed by atoms with Crippen molar-refractivity contribution in [2.75, 3.05) is 12.3 Å². The molecule has 112 valence electrons. The largest absolute Gasteiger partial charge is 0.338 e. The molecular formula is C16H18BrNOS2. The standard InChI is InChI=1S/C16H18BrNOS2/c1-2-18(12-13-6-5-10-20-13)16(19)9-11-21-15-8-4-3-7-14(15)17/h3-8,10H,2,9,11-12H2,1H3. The summed E-state index contributed by atoms with van der Waals surface area (Å²) < 4.78 is 1.09. The van der Waals surface area contributed by atoms with Crippen molar-refractivity contribution in [3.63, 3.8) is 0 Å². The predicted octanol–water partition coefficient (Wildman–Crippen LogP) is 5.04. The summed E-state index contributed by atoms with van der Waals surface area (Å²) in [6.07, 6.45) is 0.575. The van der Waals surface area contributed by atoms with Crippen molar-refractivity contribution in [2.24, 2.45) is 0 Å². The lowest BCUT2D eigenvalue weighted by Crippen LogP contribution is -2.30. The topological polar surface area (TPSA) is 20.3 Å². The molecule has 1 heterocycles. The highest BCUT2D eigenvalue weighted by atomic mass is 79.9. The van der Waals surface area contributed by atoms with Crippen LogP contribution in [0.15, 0.2) is 51.1 Å². The second-order valence-electron chi connectivity index (χ2n) is 4.52. The van der Waals surface area contributed by atoms with Gasteiger partial charge in [-0.1, -0.05) is 18.2 Å². The van der Waals surface area contributed by atoms with Gasteiger partial charge in [-0.3, -0.25) is 4.79 Å². The third-order valence-electron chi connectivity index (χ3n) is 3.07. The lowest BCUT2D eigenvalue weighted by atomic mass is 10.3. The summed E-state index contributed by atoms with van der Waals surface area (Å²) in [6, 6.07) is 12.2. The van der Waals surface area contributed by atoms with E-state index >= 15 is 0 Å². The SMILES string of the molecule is CCN(Cc1cccs1)C(=O)CCSc1ccccc1Br. The van der Waals surface area contributed by atoms with Gasteiger partial charge in [0.15, 0.2) is 0 Å². The number of amides is 1. The van der Waals surface area contributed by atoms with Crippen LogP contribution in [0.25, 0.3) is 0 Å². The van der Waals surface area contributed by atoms with Crippen LogP contribution in [0.3, 0.4) is 0 Å². The van der Waals surface area contributed by atoms with E-state index in [2.05, 4.69) is 33.4 Å². The number of hydrogen-bond acceptors (Lipinski definition) is 3. The minimum atomic E-state index is 0.227. The molecule has 0 saturated carbocycles. The quantitative estimate of drug-likeness (QED) is 0.624. The highest BCUT2D eigenvalue weighted by Gasteiger charge is 2.12. The first kappa shape index (κ1) is 16.6. The summed E-state index contributed by atoms with van der Waals surface area (Å²) in [6.45, 7) is 3.52. The van der Waals surface area contributed by atoms with E-state index in [9.17, 15) is 4.79 Å². The Labute approximate surface area is 142 Å². The Bertz CT molecular complexity index is 571. The zero-order valence-electron chi connectivity index (χ0n) is 11.9. The minimum Gasteiger partial charge on any atom is -0.338 e. The number of thiophene rings is 1. The average Bonchev–Trinajstić information content (AvgIpc) is 2.99. The molecule has 0 bridgehead atoms. The van der Waals surface area contributed by atoms with Gasteiger partial charge in [0, 0.05) is 33.0 Å². The number of carbonyl (C=O) groups excluding carboxylic acids is 1. The van der Waals surface area contributed by atoms with Gasteiger partial charge in [0.25, 0.3) is 0 Å². The van der Waals surface area contributed by atoms with Crippen LogP contribution in [0.4, 0.5) is 0 Å². The number of hydrogen-bond donors (Lipinski definition) is 0. The first-order valence-electron chi connectivity index (χ1n) is 6.88. The van der Waals surface area contributed by atoms with E-state index in [1.807, 2.05) is 36.1 Å². The molecule has 0 unspecified atom stereocenters. The Kier molecular flexibility index (Phi) is 6.80. The summed E-state index contributed by atoms with van der Waals surface area (Å²) in [5, 5.41) is 2.05. The minimum absolute atomic E-state index is 0.227. The Balaban J connectivity index is 1.81. The zero-order chi connectivity index (χ0) is 15.1. The normalized spacial score (nSPS) is 10.6. The van der Waals surface area contributed by atoms with Gasteiger partial charge in [-0.2, -0.15) is 0 Å². The van der Waals surface area contributed by atoms with E-state index < -0.39 is 0 Å². The van der Waals surface area contributed by atoms with E-state index in [0.717, 1.165) is 23.3 Å². The zero-order valence-corrected chi connectivity index (χ0v) is 15.1. The lowest BCUT2D eigenvalue weighted by Gasteiger charge is -2.20. The van der Waals surface area contributed by atoms with Crippen molar-refractivity contribution in [1.29, 1.82) is 0 Å². The number of carbonyl (C=O) groups is 1. The fourth-order valence-electron chi connectivity index (χ4n) is 1.94. The molecule has 2 nitrogen and oxygen atoms in total. The van der Waals surface area contributed by atoms with Crippen LogP contribution in [0.1, 0.15) is 18.2 Å². The molecule has 2 aromatic rings. The van der Waals surface area contributed by atoms with Gasteiger partial charge in [0.05, 0.1) is 6.54 Å². The maximum Gasteiger partial charge on any atom is 0.223 e. The number of rotatable bonds is 7. The fraction of sp³-hybridized carbons (Fsp3) is 0.312. The van der Waals surface area contributed by atoms with Crippen molar-refractivity contribution in [3.8, 4) is 0 Å². The molecule has 0 aliphatic rings. The van der Waals surface area contributed by atoms with Gasteiger partial charge in [-0.25, -0.2) is 0 Å². The molecule has 1 aromatic heterocycles. The molecule has 1 aromatic carbocycles. The number of halogens is 1. The maximum absolute atomic E-state index is 12.3. The van der Waals surface area contributed by atoms with E-state index in [4.69, 9.17) is 0 Å². The third kappa shape index (κ3) is 5.16. The summed E-state index contributed by atoms with van der Waals surface area (Å²) in [5.41, 5.74) is 0. The van der Waals surface area contributed by atoms with Crippen LogP contribution >= 0.6 is 39.0 Å². The van der Waals surface area contributed by atoms with E-state index in [1.165, 1.54) is 9.77 Å². The third-order valence-corrected chi connectivity index (χ3v) is 5.96. The average molecular weight is 384 g/mol. The fourth-order valence-corrected chi connectivity index (χ4v) is 4.16. The van der Waals surface area contributed by atoms with Crippen LogP contribution in [0, 0.1) is 0 Å². The smallest absolute Gasteiger partial charge is 0.223 e. The molecule has 2 rings (SSSR count). The Morgan fingerprint density at radius 1 is 1.29 bits per heavy atom. The van der Waals surface area contributed by atoms with Crippen molar-refractivity contribution in [1.82, 2.24) is 4.90 Å². The molecule has 0 fully saturated rings. The van der Waals surface area contributed by atoms with E-state index in [1.54, 1.807) is 23.1 Å². The van der Waals surface area contributed by atoms with Crippen molar-refractivity contribution < 1.29 is 4.79 Å². The lowest BCUT2D eigenvalue weighted by molar-refractivity contribution is -0.131. The monoisotopic (exact) mass is 383 g/mol. The Morgan fingerprint density at radius 3 is 2.76 bits per heavy atom. The van der Waals surface area contributed by atoms with Crippen LogP contribution in [0.2, 0.25) is 0 Å². The molecule has 0 aliphatic heterocycles. The molecule has 0 saturated heterocycles. The van der Waals surface area contributed by atoms with E-state index in [-0.39, 0.29) is 5.91 Å². The number of nitrogens with zero attached hydrogens (tertiary/aromatic N) is 1. The molecule has 0 aliphatic carbocycles. The van der Waals surface area contributed by atoms with Gasteiger partial charge < -0.3 is 4.90 Å². The predicted molar refractivity (Wildman–Crippen MR) is 94.9 cm³/mol. The molecule has 0 atom stereocenters. The summed E-state index contributed by atoms with van der Waals surface area (Å²) in [5.74, 6) is 1.04. The van der Waals surface area contributed by atoms with Gasteiger partial charge in [0.1, 0.15) is 0 Å². The highest BCUT2D eigenvalue weighted by Crippen LogP contribution is 2.27. The Hall–Kier alpha value is -0.780. The first-order chi connectivity index (χ1) is 10.2. The van der Waals surface area contributed by atoms with Gasteiger partial charge in [-0.05, 0) is 46.4 Å². The summed E-state index contributed by atoms with van der Waals surface area (Å²) >= 11 is 6.95. The molecule has 21 heavy (non-hydrogen) atoms. The maximum atomic E-state index is 12.3. The molecule has 0 spiro atoms.